The highest BCUT2D eigenvalue weighted by atomic mass is 32.1. The average Bonchev–Trinajstić information content (AvgIpc) is 2.71. The number of carbonyl (C=O) groups is 7. The van der Waals surface area contributed by atoms with Crippen LogP contribution in [-0.4, -0.2) is 81.6 Å². The average molecular weight is 493 g/mol. The van der Waals surface area contributed by atoms with Crippen molar-refractivity contribution >= 4 is 54.1 Å². The molecule has 0 aliphatic rings. The summed E-state index contributed by atoms with van der Waals surface area (Å²) in [5, 5.41) is 24.3. The van der Waals surface area contributed by atoms with E-state index in [0.717, 1.165) is 0 Å². The van der Waals surface area contributed by atoms with E-state index in [2.05, 4.69) is 23.3 Å². The van der Waals surface area contributed by atoms with E-state index in [9.17, 15) is 33.6 Å². The minimum Gasteiger partial charge on any atom is -0.481 e. The van der Waals surface area contributed by atoms with E-state index in [1.807, 2.05) is 5.32 Å². The fourth-order valence-corrected chi connectivity index (χ4v) is 2.56. The van der Waals surface area contributed by atoms with Gasteiger partial charge in [-0.3, -0.25) is 28.8 Å². The summed E-state index contributed by atoms with van der Waals surface area (Å²) in [4.78, 5) is 81.6. The summed E-state index contributed by atoms with van der Waals surface area (Å²) >= 11 is 3.86. The van der Waals surface area contributed by atoms with Crippen LogP contribution in [0.4, 0.5) is 0 Å². The number of carboxylic acid groups (broad SMARTS) is 2. The van der Waals surface area contributed by atoms with Crippen LogP contribution in [-0.2, 0) is 33.6 Å². The van der Waals surface area contributed by atoms with Crippen LogP contribution in [0, 0.1) is 0 Å². The second-order valence-electron chi connectivity index (χ2n) is 6.92. The van der Waals surface area contributed by atoms with Crippen molar-refractivity contribution in [3.8, 4) is 0 Å². The Morgan fingerprint density at radius 3 is 1.67 bits per heavy atom. The van der Waals surface area contributed by atoms with Crippen LogP contribution < -0.4 is 33.2 Å². The van der Waals surface area contributed by atoms with Crippen LogP contribution in [0.2, 0.25) is 0 Å². The zero-order chi connectivity index (χ0) is 25.7. The summed E-state index contributed by atoms with van der Waals surface area (Å²) in [7, 11) is 0. The van der Waals surface area contributed by atoms with Crippen LogP contribution in [0.1, 0.15) is 32.1 Å². The van der Waals surface area contributed by atoms with E-state index < -0.39 is 84.9 Å². The maximum atomic E-state index is 12.7. The third-order valence-electron chi connectivity index (χ3n) is 4.15. The van der Waals surface area contributed by atoms with Gasteiger partial charge in [-0.1, -0.05) is 0 Å². The molecule has 33 heavy (non-hydrogen) atoms. The Morgan fingerprint density at radius 1 is 0.727 bits per heavy atom. The van der Waals surface area contributed by atoms with Crippen LogP contribution >= 0.6 is 12.6 Å². The summed E-state index contributed by atoms with van der Waals surface area (Å²) in [6.07, 6.45) is -2.37. The maximum Gasteiger partial charge on any atom is 0.326 e. The number of carbonyl (C=O) groups excluding carboxylic acids is 5. The highest BCUT2D eigenvalue weighted by Gasteiger charge is 2.31. The molecule has 16 heteroatoms. The second kappa shape index (κ2) is 14.6. The lowest BCUT2D eigenvalue weighted by molar-refractivity contribution is -0.143. The third-order valence-corrected chi connectivity index (χ3v) is 4.54. The fraction of sp³-hybridized carbons (Fsp3) is 0.588. The number of hydrogen-bond donors (Lipinski definition) is 9. The van der Waals surface area contributed by atoms with Crippen molar-refractivity contribution < 1.29 is 43.8 Å². The lowest BCUT2D eigenvalue weighted by atomic mass is 10.1. The molecule has 0 aromatic heterocycles. The molecule has 5 amide bonds. The molecule has 4 atom stereocenters. The summed E-state index contributed by atoms with van der Waals surface area (Å²) in [6, 6.07) is -5.76. The molecule has 0 aromatic carbocycles. The van der Waals surface area contributed by atoms with Gasteiger partial charge >= 0.3 is 11.9 Å². The molecule has 0 fully saturated rings. The van der Waals surface area contributed by atoms with E-state index >= 15 is 0 Å². The first-order valence-corrected chi connectivity index (χ1v) is 10.2. The molecule has 0 saturated heterocycles. The molecule has 0 aliphatic heterocycles. The Balaban J connectivity index is 5.53. The molecule has 0 spiro atoms. The zero-order valence-electron chi connectivity index (χ0n) is 17.5. The first kappa shape index (κ1) is 29.6. The number of nitrogens with one attached hydrogen (secondary N) is 3. The molecule has 0 aliphatic carbocycles. The Labute approximate surface area is 193 Å². The lowest BCUT2D eigenvalue weighted by Gasteiger charge is -2.24. The highest BCUT2D eigenvalue weighted by molar-refractivity contribution is 7.80. The van der Waals surface area contributed by atoms with Gasteiger partial charge in [0.1, 0.15) is 18.1 Å². The van der Waals surface area contributed by atoms with E-state index in [1.165, 1.54) is 0 Å². The minimum atomic E-state index is -1.66. The van der Waals surface area contributed by atoms with Gasteiger partial charge in [-0.05, 0) is 12.8 Å². The molecule has 0 aromatic rings. The van der Waals surface area contributed by atoms with Crippen molar-refractivity contribution in [1.82, 2.24) is 16.0 Å². The standard InChI is InChI=1S/C17H28N6O9S/c18-7(6-33)14(28)21-8(1-3-11(19)24)15(29)23-10(5-12(20)25)16(30)22-9(17(31)32)2-4-13(26)27/h7-10,33H,1-6,18H2,(H2,19,24)(H2,20,25)(H,21,28)(H,22,30)(H,23,29)(H,26,27)(H,31,32). The fourth-order valence-electron chi connectivity index (χ4n) is 2.40. The monoisotopic (exact) mass is 492 g/mol. The number of carboxylic acids is 2. The van der Waals surface area contributed by atoms with Crippen molar-refractivity contribution in [2.24, 2.45) is 17.2 Å². The molecule has 0 saturated carbocycles. The summed E-state index contributed by atoms with van der Waals surface area (Å²) in [5.74, 6) is -7.63. The Morgan fingerprint density at radius 2 is 1.21 bits per heavy atom. The number of hydrogen-bond acceptors (Lipinski definition) is 9. The maximum absolute atomic E-state index is 12.7. The van der Waals surface area contributed by atoms with Crippen LogP contribution in [0.25, 0.3) is 0 Å². The van der Waals surface area contributed by atoms with E-state index in [-0.39, 0.29) is 18.6 Å². The number of rotatable bonds is 16. The van der Waals surface area contributed by atoms with Crippen molar-refractivity contribution in [3.05, 3.63) is 0 Å². The molecular formula is C17H28N6O9S. The smallest absolute Gasteiger partial charge is 0.326 e. The zero-order valence-corrected chi connectivity index (χ0v) is 18.4. The predicted molar refractivity (Wildman–Crippen MR) is 114 cm³/mol. The molecule has 0 heterocycles. The minimum absolute atomic E-state index is 0.0599. The molecule has 186 valence electrons. The predicted octanol–water partition coefficient (Wildman–Crippen LogP) is -4.21. The quantitative estimate of drug-likeness (QED) is 0.0936. The third kappa shape index (κ3) is 12.3. The van der Waals surface area contributed by atoms with Crippen LogP contribution in [0.3, 0.4) is 0 Å². The molecule has 15 nitrogen and oxygen atoms in total. The normalized spacial score (nSPS) is 14.1. The van der Waals surface area contributed by atoms with E-state index in [0.29, 0.717) is 0 Å². The molecule has 0 bridgehead atoms. The van der Waals surface area contributed by atoms with Crippen molar-refractivity contribution in [1.29, 1.82) is 0 Å². The van der Waals surface area contributed by atoms with Gasteiger partial charge in [-0.25, -0.2) is 4.79 Å². The van der Waals surface area contributed by atoms with E-state index in [4.69, 9.17) is 27.4 Å². The van der Waals surface area contributed by atoms with Crippen LogP contribution in [0.5, 0.6) is 0 Å². The SMILES string of the molecule is NC(=O)CCC(NC(=O)C(N)CS)C(=O)NC(CC(N)=O)C(=O)NC(CCC(=O)O)C(=O)O. The number of aliphatic carboxylic acids is 2. The Bertz CT molecular complexity index is 778. The number of primary amides is 2. The van der Waals surface area contributed by atoms with Gasteiger partial charge in [-0.2, -0.15) is 12.6 Å². The molecular weight excluding hydrogens is 464 g/mol. The van der Waals surface area contributed by atoms with Crippen LogP contribution in [0.15, 0.2) is 0 Å². The van der Waals surface area contributed by atoms with Gasteiger partial charge < -0.3 is 43.4 Å². The summed E-state index contributed by atoms with van der Waals surface area (Å²) < 4.78 is 0. The van der Waals surface area contributed by atoms with Gasteiger partial charge in [-0.15, -0.1) is 0 Å². The first-order valence-electron chi connectivity index (χ1n) is 9.57. The van der Waals surface area contributed by atoms with Gasteiger partial charge in [0, 0.05) is 18.6 Å². The molecule has 4 unspecified atom stereocenters. The van der Waals surface area contributed by atoms with Gasteiger partial charge in [0.2, 0.25) is 29.5 Å². The summed E-state index contributed by atoms with van der Waals surface area (Å²) in [5.41, 5.74) is 15.7. The van der Waals surface area contributed by atoms with E-state index in [1.54, 1.807) is 0 Å². The summed E-state index contributed by atoms with van der Waals surface area (Å²) in [6.45, 7) is 0. The van der Waals surface area contributed by atoms with Gasteiger partial charge in [0.15, 0.2) is 0 Å². The van der Waals surface area contributed by atoms with Gasteiger partial charge in [0.25, 0.3) is 0 Å². The number of nitrogens with two attached hydrogens (primary N) is 3. The van der Waals surface area contributed by atoms with Crippen molar-refractivity contribution in [2.45, 2.75) is 56.3 Å². The molecule has 0 radical (unpaired) electrons. The Kier molecular flexibility index (Phi) is 13.1. The number of thiol groups is 1. The molecule has 0 rings (SSSR count). The number of amides is 5. The highest BCUT2D eigenvalue weighted by Crippen LogP contribution is 2.04. The lowest BCUT2D eigenvalue weighted by Crippen LogP contribution is -2.58. The second-order valence-corrected chi connectivity index (χ2v) is 7.28. The largest absolute Gasteiger partial charge is 0.481 e. The van der Waals surface area contributed by atoms with Crippen molar-refractivity contribution in [3.63, 3.8) is 0 Å². The Hall–Kier alpha value is -3.40. The molecule has 11 N–H and O–H groups in total. The first-order chi connectivity index (χ1) is 15.3. The topological polar surface area (TPSA) is 274 Å². The van der Waals surface area contributed by atoms with Gasteiger partial charge in [0.05, 0.1) is 12.5 Å². The van der Waals surface area contributed by atoms with Crippen molar-refractivity contribution in [2.75, 3.05) is 5.75 Å².